The highest BCUT2D eigenvalue weighted by Gasteiger charge is 2.15. The lowest BCUT2D eigenvalue weighted by Gasteiger charge is -2.24. The number of nitrogens with two attached hydrogens (primary N) is 1. The Hall–Kier alpha value is -2.32. The number of benzene rings is 1. The third kappa shape index (κ3) is 4.09. The molecule has 22 heavy (non-hydrogen) atoms. The van der Waals surface area contributed by atoms with Gasteiger partial charge in [0.05, 0.1) is 18.0 Å². The lowest BCUT2D eigenvalue weighted by Crippen LogP contribution is -2.30. The van der Waals surface area contributed by atoms with Crippen molar-refractivity contribution >= 4 is 5.69 Å². The highest BCUT2D eigenvalue weighted by Crippen LogP contribution is 2.16. The SMILES string of the molecule is CC(C)N(Cc1ccc([N+](=O)[O-])cc1)Cc1noc(CN)n1. The molecule has 0 fully saturated rings. The summed E-state index contributed by atoms with van der Waals surface area (Å²) in [4.78, 5) is 16.6. The largest absolute Gasteiger partial charge is 0.338 e. The average molecular weight is 305 g/mol. The van der Waals surface area contributed by atoms with Crippen LogP contribution >= 0.6 is 0 Å². The van der Waals surface area contributed by atoms with Crippen LogP contribution in [0, 0.1) is 10.1 Å². The summed E-state index contributed by atoms with van der Waals surface area (Å²) in [6.07, 6.45) is 0. The van der Waals surface area contributed by atoms with Crippen molar-refractivity contribution in [2.24, 2.45) is 5.73 Å². The van der Waals surface area contributed by atoms with Crippen LogP contribution in [-0.2, 0) is 19.6 Å². The van der Waals surface area contributed by atoms with Crippen LogP contribution in [0.1, 0.15) is 31.1 Å². The van der Waals surface area contributed by atoms with E-state index in [1.54, 1.807) is 12.1 Å². The Morgan fingerprint density at radius 3 is 2.50 bits per heavy atom. The number of hydrogen-bond acceptors (Lipinski definition) is 7. The Bertz CT molecular complexity index is 624. The van der Waals surface area contributed by atoms with Crippen LogP contribution < -0.4 is 5.73 Å². The molecule has 0 unspecified atom stereocenters. The van der Waals surface area contributed by atoms with Gasteiger partial charge in [-0.05, 0) is 19.4 Å². The maximum Gasteiger partial charge on any atom is 0.269 e. The number of nitrogens with zero attached hydrogens (tertiary/aromatic N) is 4. The van der Waals surface area contributed by atoms with Crippen molar-refractivity contribution < 1.29 is 9.45 Å². The molecule has 0 saturated heterocycles. The van der Waals surface area contributed by atoms with Gasteiger partial charge in [0.25, 0.3) is 5.69 Å². The predicted molar refractivity (Wildman–Crippen MR) is 79.7 cm³/mol. The van der Waals surface area contributed by atoms with E-state index in [9.17, 15) is 10.1 Å². The first kappa shape index (κ1) is 16.1. The number of rotatable bonds is 7. The summed E-state index contributed by atoms with van der Waals surface area (Å²) in [6, 6.07) is 6.79. The van der Waals surface area contributed by atoms with Gasteiger partial charge in [-0.2, -0.15) is 4.98 Å². The van der Waals surface area contributed by atoms with Gasteiger partial charge in [-0.25, -0.2) is 0 Å². The van der Waals surface area contributed by atoms with Crippen molar-refractivity contribution in [2.45, 2.75) is 39.5 Å². The second-order valence-corrected chi connectivity index (χ2v) is 5.23. The van der Waals surface area contributed by atoms with Gasteiger partial charge >= 0.3 is 0 Å². The number of nitro groups is 1. The van der Waals surface area contributed by atoms with Crippen LogP contribution in [-0.4, -0.2) is 26.0 Å². The van der Waals surface area contributed by atoms with Crippen molar-refractivity contribution in [1.82, 2.24) is 15.0 Å². The molecule has 2 aromatic rings. The van der Waals surface area contributed by atoms with Gasteiger partial charge in [-0.1, -0.05) is 17.3 Å². The van der Waals surface area contributed by atoms with Crippen molar-refractivity contribution in [1.29, 1.82) is 0 Å². The molecule has 0 aliphatic rings. The molecule has 0 radical (unpaired) electrons. The number of non-ortho nitro benzene ring substituents is 1. The number of hydrogen-bond donors (Lipinski definition) is 1. The highest BCUT2D eigenvalue weighted by atomic mass is 16.6. The van der Waals surface area contributed by atoms with Crippen molar-refractivity contribution in [3.8, 4) is 0 Å². The van der Waals surface area contributed by atoms with E-state index in [2.05, 4.69) is 28.9 Å². The van der Waals surface area contributed by atoms with E-state index in [-0.39, 0.29) is 18.3 Å². The molecule has 0 saturated carbocycles. The summed E-state index contributed by atoms with van der Waals surface area (Å²) in [6.45, 7) is 5.52. The molecule has 8 heteroatoms. The average Bonchev–Trinajstić information content (AvgIpc) is 2.94. The molecule has 1 aromatic carbocycles. The lowest BCUT2D eigenvalue weighted by atomic mass is 10.1. The molecule has 0 aliphatic carbocycles. The van der Waals surface area contributed by atoms with Crippen molar-refractivity contribution in [2.75, 3.05) is 0 Å². The second-order valence-electron chi connectivity index (χ2n) is 5.23. The molecule has 118 valence electrons. The van der Waals surface area contributed by atoms with Crippen LogP contribution in [0.2, 0.25) is 0 Å². The van der Waals surface area contributed by atoms with Crippen LogP contribution in [0.3, 0.4) is 0 Å². The summed E-state index contributed by atoms with van der Waals surface area (Å²) in [5.41, 5.74) is 6.53. The maximum atomic E-state index is 10.7. The summed E-state index contributed by atoms with van der Waals surface area (Å²) in [5, 5.41) is 14.6. The number of aromatic nitrogens is 2. The predicted octanol–water partition coefficient (Wildman–Crippen LogP) is 1.85. The summed E-state index contributed by atoms with van der Waals surface area (Å²) >= 11 is 0. The van der Waals surface area contributed by atoms with Crippen LogP contribution in [0.25, 0.3) is 0 Å². The quantitative estimate of drug-likeness (QED) is 0.613. The Morgan fingerprint density at radius 2 is 2.00 bits per heavy atom. The smallest absolute Gasteiger partial charge is 0.269 e. The first-order valence-electron chi connectivity index (χ1n) is 6.98. The fraction of sp³-hybridized carbons (Fsp3) is 0.429. The molecule has 0 spiro atoms. The Kier molecular flexibility index (Phi) is 5.18. The summed E-state index contributed by atoms with van der Waals surface area (Å²) < 4.78 is 5.00. The molecular weight excluding hydrogens is 286 g/mol. The van der Waals surface area contributed by atoms with E-state index in [4.69, 9.17) is 10.3 Å². The fourth-order valence-corrected chi connectivity index (χ4v) is 2.00. The highest BCUT2D eigenvalue weighted by molar-refractivity contribution is 5.32. The molecule has 0 aliphatic heterocycles. The molecule has 2 N–H and O–H groups in total. The summed E-state index contributed by atoms with van der Waals surface area (Å²) in [5.74, 6) is 0.991. The van der Waals surface area contributed by atoms with Crippen LogP contribution in [0.4, 0.5) is 5.69 Å². The van der Waals surface area contributed by atoms with Gasteiger partial charge in [0.15, 0.2) is 5.82 Å². The standard InChI is InChI=1S/C14H19N5O3/c1-10(2)18(9-13-16-14(7-15)22-17-13)8-11-3-5-12(6-4-11)19(20)21/h3-6,10H,7-9,15H2,1-2H3. The molecule has 2 rings (SSSR count). The van der Waals surface area contributed by atoms with Gasteiger partial charge in [-0.15, -0.1) is 0 Å². The Balaban J connectivity index is 2.06. The van der Waals surface area contributed by atoms with E-state index in [1.165, 1.54) is 12.1 Å². The van der Waals surface area contributed by atoms with Gasteiger partial charge in [0.1, 0.15) is 0 Å². The van der Waals surface area contributed by atoms with E-state index in [0.29, 0.717) is 24.8 Å². The zero-order valence-corrected chi connectivity index (χ0v) is 12.6. The lowest BCUT2D eigenvalue weighted by molar-refractivity contribution is -0.384. The fourth-order valence-electron chi connectivity index (χ4n) is 2.00. The molecular formula is C14H19N5O3. The first-order valence-corrected chi connectivity index (χ1v) is 6.98. The van der Waals surface area contributed by atoms with Gasteiger partial charge in [0.2, 0.25) is 5.89 Å². The Morgan fingerprint density at radius 1 is 1.32 bits per heavy atom. The van der Waals surface area contributed by atoms with E-state index in [0.717, 1.165) is 5.56 Å². The number of nitro benzene ring substituents is 1. The van der Waals surface area contributed by atoms with Gasteiger partial charge in [0, 0.05) is 24.7 Å². The molecule has 0 atom stereocenters. The van der Waals surface area contributed by atoms with Crippen LogP contribution in [0.5, 0.6) is 0 Å². The third-order valence-electron chi connectivity index (χ3n) is 3.29. The summed E-state index contributed by atoms with van der Waals surface area (Å²) in [7, 11) is 0. The van der Waals surface area contributed by atoms with Crippen molar-refractivity contribution in [3.63, 3.8) is 0 Å². The van der Waals surface area contributed by atoms with E-state index >= 15 is 0 Å². The van der Waals surface area contributed by atoms with E-state index < -0.39 is 4.92 Å². The maximum absolute atomic E-state index is 10.7. The first-order chi connectivity index (χ1) is 10.5. The second kappa shape index (κ2) is 7.10. The van der Waals surface area contributed by atoms with Crippen LogP contribution in [0.15, 0.2) is 28.8 Å². The minimum Gasteiger partial charge on any atom is -0.338 e. The zero-order valence-electron chi connectivity index (χ0n) is 12.6. The minimum absolute atomic E-state index is 0.0885. The topological polar surface area (TPSA) is 111 Å². The normalized spacial score (nSPS) is 11.3. The third-order valence-corrected chi connectivity index (χ3v) is 3.29. The van der Waals surface area contributed by atoms with Gasteiger partial charge < -0.3 is 10.3 Å². The van der Waals surface area contributed by atoms with Gasteiger partial charge in [-0.3, -0.25) is 15.0 Å². The molecule has 1 heterocycles. The van der Waals surface area contributed by atoms with E-state index in [1.807, 2.05) is 0 Å². The Labute approximate surface area is 128 Å². The molecule has 1 aromatic heterocycles. The molecule has 8 nitrogen and oxygen atoms in total. The monoisotopic (exact) mass is 305 g/mol. The van der Waals surface area contributed by atoms with Crippen molar-refractivity contribution in [3.05, 3.63) is 51.7 Å². The molecule has 0 bridgehead atoms. The zero-order chi connectivity index (χ0) is 16.1. The molecule has 0 amide bonds. The minimum atomic E-state index is -0.405.